The second-order valence-corrected chi connectivity index (χ2v) is 7.81. The summed E-state index contributed by atoms with van der Waals surface area (Å²) in [4.78, 5) is 40.0. The Morgan fingerprint density at radius 2 is 1.83 bits per heavy atom. The number of unbranched alkanes of at least 4 members (excludes halogenated alkanes) is 3. The first kappa shape index (κ1) is 20.7. The molecule has 3 rings (SSSR count). The number of nitrogens with zero attached hydrogens (tertiary/aromatic N) is 2. The van der Waals surface area contributed by atoms with E-state index >= 15 is 0 Å². The fourth-order valence-electron chi connectivity index (χ4n) is 3.00. The number of pyridine rings is 1. The lowest BCUT2D eigenvalue weighted by Crippen LogP contribution is -2.24. The molecule has 2 N–H and O–H groups in total. The van der Waals surface area contributed by atoms with Gasteiger partial charge in [-0.05, 0) is 54.2 Å². The minimum absolute atomic E-state index is 0.0525. The van der Waals surface area contributed by atoms with Gasteiger partial charge in [-0.1, -0.05) is 25.0 Å². The van der Waals surface area contributed by atoms with Crippen molar-refractivity contribution in [3.63, 3.8) is 0 Å². The molecular formula is C21H23N3O4S. The van der Waals surface area contributed by atoms with Crippen molar-refractivity contribution in [2.75, 3.05) is 6.54 Å². The molecule has 29 heavy (non-hydrogen) atoms. The number of nitrogens with one attached hydrogen (secondary N) is 1. The highest BCUT2D eigenvalue weighted by atomic mass is 32.1. The van der Waals surface area contributed by atoms with E-state index in [1.165, 1.54) is 11.5 Å². The standard InChI is InChI=1S/C21H23N3O4S/c25-18(26)7-3-1-2-4-12-22-19(27)16-10-8-15(9-11-16)14-24-21(28)17-6-5-13-23-20(17)29-24/h5-6,8-11,13H,1-4,7,12,14H2,(H,22,27)(H,25,26). The van der Waals surface area contributed by atoms with Gasteiger partial charge < -0.3 is 10.4 Å². The summed E-state index contributed by atoms with van der Waals surface area (Å²) >= 11 is 1.33. The van der Waals surface area contributed by atoms with E-state index in [0.29, 0.717) is 30.5 Å². The second kappa shape index (κ2) is 9.97. The third-order valence-corrected chi connectivity index (χ3v) is 5.58. The van der Waals surface area contributed by atoms with Crippen molar-refractivity contribution in [3.05, 3.63) is 64.1 Å². The molecule has 0 aliphatic carbocycles. The maximum atomic E-state index is 12.4. The average Bonchev–Trinajstić information content (AvgIpc) is 3.03. The van der Waals surface area contributed by atoms with Crippen LogP contribution < -0.4 is 10.9 Å². The molecule has 1 aromatic carbocycles. The van der Waals surface area contributed by atoms with E-state index in [9.17, 15) is 14.4 Å². The van der Waals surface area contributed by atoms with Crippen LogP contribution in [0.2, 0.25) is 0 Å². The molecule has 2 heterocycles. The van der Waals surface area contributed by atoms with Crippen LogP contribution in [0.1, 0.15) is 48.0 Å². The molecule has 7 nitrogen and oxygen atoms in total. The van der Waals surface area contributed by atoms with Gasteiger partial charge in [-0.3, -0.25) is 18.3 Å². The number of hydrogen-bond acceptors (Lipinski definition) is 5. The highest BCUT2D eigenvalue weighted by Crippen LogP contribution is 2.15. The van der Waals surface area contributed by atoms with Crippen LogP contribution in [0.15, 0.2) is 47.4 Å². The highest BCUT2D eigenvalue weighted by molar-refractivity contribution is 7.13. The molecule has 1 amide bonds. The van der Waals surface area contributed by atoms with E-state index < -0.39 is 5.97 Å². The van der Waals surface area contributed by atoms with Crippen molar-refractivity contribution in [2.24, 2.45) is 0 Å². The van der Waals surface area contributed by atoms with Crippen LogP contribution in [0.4, 0.5) is 0 Å². The summed E-state index contributed by atoms with van der Waals surface area (Å²) in [7, 11) is 0. The van der Waals surface area contributed by atoms with E-state index in [1.807, 2.05) is 12.1 Å². The van der Waals surface area contributed by atoms with Crippen LogP contribution in [-0.2, 0) is 11.3 Å². The SMILES string of the molecule is O=C(O)CCCCCCNC(=O)c1ccc(Cn2sc3ncccc3c2=O)cc1. The van der Waals surface area contributed by atoms with Gasteiger partial charge in [0.05, 0.1) is 11.9 Å². The Morgan fingerprint density at radius 3 is 2.55 bits per heavy atom. The van der Waals surface area contributed by atoms with Gasteiger partial charge in [0.25, 0.3) is 11.5 Å². The monoisotopic (exact) mass is 413 g/mol. The number of benzene rings is 1. The lowest BCUT2D eigenvalue weighted by Gasteiger charge is -2.06. The second-order valence-electron chi connectivity index (χ2n) is 6.80. The molecule has 0 saturated heterocycles. The van der Waals surface area contributed by atoms with Gasteiger partial charge in [0.2, 0.25) is 0 Å². The van der Waals surface area contributed by atoms with Crippen LogP contribution in [0.3, 0.4) is 0 Å². The predicted molar refractivity (Wildman–Crippen MR) is 112 cm³/mol. The van der Waals surface area contributed by atoms with Gasteiger partial charge >= 0.3 is 5.97 Å². The van der Waals surface area contributed by atoms with E-state index in [1.54, 1.807) is 34.4 Å². The first-order chi connectivity index (χ1) is 14.0. The van der Waals surface area contributed by atoms with Crippen LogP contribution in [-0.4, -0.2) is 32.5 Å². The number of fused-ring (bicyclic) bond motifs is 1. The molecule has 0 aliphatic rings. The zero-order valence-corrected chi connectivity index (χ0v) is 16.8. The summed E-state index contributed by atoms with van der Waals surface area (Å²) < 4.78 is 1.66. The van der Waals surface area contributed by atoms with Crippen molar-refractivity contribution < 1.29 is 14.7 Å². The quantitative estimate of drug-likeness (QED) is 0.497. The molecule has 0 saturated carbocycles. The van der Waals surface area contributed by atoms with Crippen molar-refractivity contribution in [3.8, 4) is 0 Å². The summed E-state index contributed by atoms with van der Waals surface area (Å²) in [5.74, 6) is -0.902. The normalized spacial score (nSPS) is 10.9. The van der Waals surface area contributed by atoms with Gasteiger partial charge in [0.15, 0.2) is 0 Å². The highest BCUT2D eigenvalue weighted by Gasteiger charge is 2.09. The number of aromatic nitrogens is 2. The van der Waals surface area contributed by atoms with Crippen LogP contribution in [0.25, 0.3) is 10.2 Å². The minimum atomic E-state index is -0.768. The minimum Gasteiger partial charge on any atom is -0.481 e. The number of amides is 1. The summed E-state index contributed by atoms with van der Waals surface area (Å²) in [6.45, 7) is 1.01. The van der Waals surface area contributed by atoms with Crippen molar-refractivity contribution in [1.82, 2.24) is 14.3 Å². The molecule has 0 spiro atoms. The number of carboxylic acid groups (broad SMARTS) is 1. The lowest BCUT2D eigenvalue weighted by molar-refractivity contribution is -0.137. The molecule has 0 aliphatic heterocycles. The van der Waals surface area contributed by atoms with E-state index in [0.717, 1.165) is 29.7 Å². The number of carbonyl (C=O) groups excluding carboxylic acids is 1. The fraction of sp³-hybridized carbons (Fsp3) is 0.333. The van der Waals surface area contributed by atoms with Gasteiger partial charge in [-0.15, -0.1) is 0 Å². The zero-order chi connectivity index (χ0) is 20.6. The Kier molecular flexibility index (Phi) is 7.13. The molecule has 0 bridgehead atoms. The largest absolute Gasteiger partial charge is 0.481 e. The Bertz CT molecular complexity index is 1040. The first-order valence-electron chi connectivity index (χ1n) is 9.58. The van der Waals surface area contributed by atoms with Crippen LogP contribution >= 0.6 is 11.5 Å². The number of aliphatic carboxylic acids is 1. The average molecular weight is 413 g/mol. The van der Waals surface area contributed by atoms with Gasteiger partial charge in [0.1, 0.15) is 4.83 Å². The number of rotatable bonds is 10. The molecule has 0 radical (unpaired) electrons. The van der Waals surface area contributed by atoms with Crippen LogP contribution in [0.5, 0.6) is 0 Å². The van der Waals surface area contributed by atoms with E-state index in [-0.39, 0.29) is 17.9 Å². The number of carbonyl (C=O) groups is 2. The van der Waals surface area contributed by atoms with Gasteiger partial charge in [-0.2, -0.15) is 0 Å². The maximum Gasteiger partial charge on any atom is 0.303 e. The van der Waals surface area contributed by atoms with Crippen LogP contribution in [0, 0.1) is 0 Å². The molecule has 3 aromatic rings. The zero-order valence-electron chi connectivity index (χ0n) is 16.0. The van der Waals surface area contributed by atoms with E-state index in [2.05, 4.69) is 10.3 Å². The van der Waals surface area contributed by atoms with Crippen molar-refractivity contribution in [1.29, 1.82) is 0 Å². The Labute approximate surface area is 172 Å². The third kappa shape index (κ3) is 5.74. The molecular weight excluding hydrogens is 390 g/mol. The fourth-order valence-corrected chi connectivity index (χ4v) is 3.96. The topological polar surface area (TPSA) is 101 Å². The van der Waals surface area contributed by atoms with Gasteiger partial charge in [0, 0.05) is 24.7 Å². The molecule has 0 fully saturated rings. The molecule has 152 valence electrons. The first-order valence-corrected chi connectivity index (χ1v) is 10.4. The molecule has 0 atom stereocenters. The summed E-state index contributed by atoms with van der Waals surface area (Å²) in [5.41, 5.74) is 1.46. The van der Waals surface area contributed by atoms with E-state index in [4.69, 9.17) is 5.11 Å². The summed E-state index contributed by atoms with van der Waals surface area (Å²) in [6.07, 6.45) is 5.11. The Balaban J connectivity index is 1.48. The predicted octanol–water partition coefficient (Wildman–Crippen LogP) is 3.27. The van der Waals surface area contributed by atoms with Crippen molar-refractivity contribution in [2.45, 2.75) is 38.6 Å². The third-order valence-electron chi connectivity index (χ3n) is 4.57. The summed E-state index contributed by atoms with van der Waals surface area (Å²) in [6, 6.07) is 10.7. The molecule has 8 heteroatoms. The molecule has 2 aromatic heterocycles. The van der Waals surface area contributed by atoms with Gasteiger partial charge in [-0.25, -0.2) is 4.98 Å². The molecule has 0 unspecified atom stereocenters. The Hall–Kier alpha value is -3.00. The van der Waals surface area contributed by atoms with Crippen molar-refractivity contribution >= 4 is 33.6 Å². The number of carboxylic acids is 1. The maximum absolute atomic E-state index is 12.4. The summed E-state index contributed by atoms with van der Waals surface area (Å²) in [5, 5.41) is 12.1. The smallest absolute Gasteiger partial charge is 0.303 e. The Morgan fingerprint density at radius 1 is 1.07 bits per heavy atom. The number of hydrogen-bond donors (Lipinski definition) is 2. The lowest BCUT2D eigenvalue weighted by atomic mass is 10.1.